The van der Waals surface area contributed by atoms with E-state index in [-0.39, 0.29) is 0 Å². The van der Waals surface area contributed by atoms with Gasteiger partial charge in [0.05, 0.1) is 16.7 Å². The lowest BCUT2D eigenvalue weighted by atomic mass is 10.0. The van der Waals surface area contributed by atoms with Gasteiger partial charge in [-0.1, -0.05) is 84.9 Å². The molecule has 3 aromatic heterocycles. The van der Waals surface area contributed by atoms with Crippen LogP contribution in [0.2, 0.25) is 0 Å². The molecule has 0 aliphatic carbocycles. The summed E-state index contributed by atoms with van der Waals surface area (Å²) in [7, 11) is 0. The fourth-order valence-corrected chi connectivity index (χ4v) is 6.47. The van der Waals surface area contributed by atoms with Crippen molar-refractivity contribution in [2.45, 2.75) is 0 Å². The molecule has 172 valence electrons. The molecule has 5 aromatic carbocycles. The Hall–Kier alpha value is -4.67. The number of fused-ring (bicyclic) bond motifs is 7. The van der Waals surface area contributed by atoms with Gasteiger partial charge in [-0.3, -0.25) is 0 Å². The Bertz CT molecular complexity index is 2150. The lowest BCUT2D eigenvalue weighted by Crippen LogP contribution is -1.98. The van der Waals surface area contributed by atoms with Crippen LogP contribution in [0.3, 0.4) is 0 Å². The standard InChI is InChI=1S/C33H19N3S/c1-2-10-20(11-3-1)31-23-14-5-8-16-28(23)35-33(36-31)32-26-18-25-22-13-6-9-17-29(22)37-30(25)19-24(26)21-12-4-7-15-27(21)34-32/h1-19H. The third kappa shape index (κ3) is 3.16. The minimum atomic E-state index is 0.646. The maximum atomic E-state index is 5.16. The Morgan fingerprint density at radius 2 is 1.08 bits per heavy atom. The van der Waals surface area contributed by atoms with Crippen LogP contribution in [0.1, 0.15) is 0 Å². The van der Waals surface area contributed by atoms with Crippen molar-refractivity contribution >= 4 is 64.1 Å². The largest absolute Gasteiger partial charge is 0.244 e. The Labute approximate surface area is 216 Å². The van der Waals surface area contributed by atoms with Gasteiger partial charge < -0.3 is 0 Å². The average molecular weight is 490 g/mol. The fraction of sp³-hybridized carbons (Fsp3) is 0. The second-order valence-electron chi connectivity index (χ2n) is 9.25. The zero-order valence-electron chi connectivity index (χ0n) is 19.7. The molecule has 8 aromatic rings. The maximum Gasteiger partial charge on any atom is 0.179 e. The van der Waals surface area contributed by atoms with Crippen LogP contribution in [-0.2, 0) is 0 Å². The van der Waals surface area contributed by atoms with E-state index in [0.29, 0.717) is 5.82 Å². The van der Waals surface area contributed by atoms with Crippen molar-refractivity contribution in [1.82, 2.24) is 15.0 Å². The van der Waals surface area contributed by atoms with E-state index < -0.39 is 0 Å². The number of thiophene rings is 1. The minimum Gasteiger partial charge on any atom is -0.244 e. The molecule has 0 saturated heterocycles. The summed E-state index contributed by atoms with van der Waals surface area (Å²) in [6.45, 7) is 0. The number of benzene rings is 5. The minimum absolute atomic E-state index is 0.646. The van der Waals surface area contributed by atoms with E-state index in [1.165, 1.54) is 25.6 Å². The molecule has 0 aliphatic heterocycles. The van der Waals surface area contributed by atoms with Crippen LogP contribution in [0, 0.1) is 0 Å². The summed E-state index contributed by atoms with van der Waals surface area (Å²) in [6, 6.07) is 40.1. The predicted octanol–water partition coefficient (Wildman–Crippen LogP) is 9.03. The van der Waals surface area contributed by atoms with Gasteiger partial charge in [0.15, 0.2) is 5.82 Å². The van der Waals surface area contributed by atoms with Gasteiger partial charge in [-0.25, -0.2) is 15.0 Å². The molecule has 3 nitrogen and oxygen atoms in total. The molecule has 0 spiro atoms. The van der Waals surface area contributed by atoms with Gasteiger partial charge in [0, 0.05) is 41.9 Å². The number of hydrogen-bond donors (Lipinski definition) is 0. The van der Waals surface area contributed by atoms with Gasteiger partial charge in [0.1, 0.15) is 5.69 Å². The second kappa shape index (κ2) is 7.92. The summed E-state index contributed by atoms with van der Waals surface area (Å²) in [5.41, 5.74) is 4.67. The van der Waals surface area contributed by atoms with Crippen LogP contribution in [0.4, 0.5) is 0 Å². The van der Waals surface area contributed by atoms with Crippen molar-refractivity contribution in [2.75, 3.05) is 0 Å². The monoisotopic (exact) mass is 489 g/mol. The maximum absolute atomic E-state index is 5.16. The number of rotatable bonds is 2. The van der Waals surface area contributed by atoms with E-state index in [4.69, 9.17) is 15.0 Å². The molecule has 8 rings (SSSR count). The van der Waals surface area contributed by atoms with Crippen LogP contribution >= 0.6 is 11.3 Å². The van der Waals surface area contributed by atoms with Crippen LogP contribution < -0.4 is 0 Å². The Morgan fingerprint density at radius 1 is 0.405 bits per heavy atom. The third-order valence-electron chi connectivity index (χ3n) is 7.06. The summed E-state index contributed by atoms with van der Waals surface area (Å²) in [4.78, 5) is 15.4. The molecular weight excluding hydrogens is 470 g/mol. The highest BCUT2D eigenvalue weighted by molar-refractivity contribution is 7.25. The normalized spacial score (nSPS) is 11.8. The van der Waals surface area contributed by atoms with E-state index >= 15 is 0 Å². The molecule has 37 heavy (non-hydrogen) atoms. The van der Waals surface area contributed by atoms with Gasteiger partial charge in [0.25, 0.3) is 0 Å². The van der Waals surface area contributed by atoms with E-state index in [2.05, 4.69) is 78.9 Å². The predicted molar refractivity (Wildman–Crippen MR) is 156 cm³/mol. The summed E-state index contributed by atoms with van der Waals surface area (Å²) in [5, 5.41) is 6.95. The summed E-state index contributed by atoms with van der Waals surface area (Å²) >= 11 is 1.84. The molecule has 0 radical (unpaired) electrons. The highest BCUT2D eigenvalue weighted by Gasteiger charge is 2.18. The first-order valence-electron chi connectivity index (χ1n) is 12.3. The Kier molecular flexibility index (Phi) is 4.39. The van der Waals surface area contributed by atoms with Gasteiger partial charge >= 0.3 is 0 Å². The molecular formula is C33H19N3S. The molecule has 0 bridgehead atoms. The van der Waals surface area contributed by atoms with Crippen molar-refractivity contribution in [2.24, 2.45) is 0 Å². The van der Waals surface area contributed by atoms with E-state index in [9.17, 15) is 0 Å². The van der Waals surface area contributed by atoms with E-state index in [1.54, 1.807) is 0 Å². The number of aromatic nitrogens is 3. The first kappa shape index (κ1) is 20.5. The number of nitrogens with zero attached hydrogens (tertiary/aromatic N) is 3. The third-order valence-corrected chi connectivity index (χ3v) is 8.19. The quantitative estimate of drug-likeness (QED) is 0.227. The zero-order chi connectivity index (χ0) is 24.3. The molecule has 0 atom stereocenters. The lowest BCUT2D eigenvalue weighted by molar-refractivity contribution is 1.20. The molecule has 0 amide bonds. The molecule has 0 N–H and O–H groups in total. The topological polar surface area (TPSA) is 38.7 Å². The van der Waals surface area contributed by atoms with Gasteiger partial charge in [-0.05, 0) is 35.7 Å². The Balaban J connectivity index is 1.52. The number of pyridine rings is 1. The first-order valence-corrected chi connectivity index (χ1v) is 13.1. The summed E-state index contributed by atoms with van der Waals surface area (Å²) in [5.74, 6) is 0.646. The van der Waals surface area contributed by atoms with Crippen molar-refractivity contribution < 1.29 is 0 Å². The van der Waals surface area contributed by atoms with Crippen molar-refractivity contribution in [3.05, 3.63) is 115 Å². The Morgan fingerprint density at radius 3 is 1.92 bits per heavy atom. The van der Waals surface area contributed by atoms with Gasteiger partial charge in [-0.15, -0.1) is 11.3 Å². The fourth-order valence-electron chi connectivity index (χ4n) is 5.34. The van der Waals surface area contributed by atoms with Crippen LogP contribution in [0.5, 0.6) is 0 Å². The molecule has 0 fully saturated rings. The molecule has 3 heterocycles. The van der Waals surface area contributed by atoms with Crippen molar-refractivity contribution in [3.8, 4) is 22.8 Å². The zero-order valence-corrected chi connectivity index (χ0v) is 20.5. The van der Waals surface area contributed by atoms with Crippen LogP contribution in [0.25, 0.3) is 75.5 Å². The van der Waals surface area contributed by atoms with Crippen LogP contribution in [0.15, 0.2) is 115 Å². The molecule has 4 heteroatoms. The van der Waals surface area contributed by atoms with Crippen molar-refractivity contribution in [1.29, 1.82) is 0 Å². The molecule has 0 unspecified atom stereocenters. The number of hydrogen-bond acceptors (Lipinski definition) is 4. The first-order chi connectivity index (χ1) is 18.3. The second-order valence-corrected chi connectivity index (χ2v) is 10.3. The summed E-state index contributed by atoms with van der Waals surface area (Å²) < 4.78 is 2.57. The van der Waals surface area contributed by atoms with Gasteiger partial charge in [0.2, 0.25) is 0 Å². The van der Waals surface area contributed by atoms with Crippen molar-refractivity contribution in [3.63, 3.8) is 0 Å². The van der Waals surface area contributed by atoms with E-state index in [0.717, 1.165) is 44.1 Å². The lowest BCUT2D eigenvalue weighted by Gasteiger charge is -2.12. The highest BCUT2D eigenvalue weighted by Crippen LogP contribution is 2.41. The highest BCUT2D eigenvalue weighted by atomic mass is 32.1. The SMILES string of the molecule is c1ccc(-c2nc(-c3nc4ccccc4c4cc5sc6ccccc6c5cc34)nc3ccccc23)cc1. The van der Waals surface area contributed by atoms with E-state index in [1.807, 2.05) is 47.7 Å². The average Bonchev–Trinajstić information content (AvgIpc) is 3.33. The molecule has 0 aliphatic rings. The van der Waals surface area contributed by atoms with Gasteiger partial charge in [-0.2, -0.15) is 0 Å². The molecule has 0 saturated carbocycles. The smallest absolute Gasteiger partial charge is 0.179 e. The summed E-state index contributed by atoms with van der Waals surface area (Å²) in [6.07, 6.45) is 0. The number of para-hydroxylation sites is 2. The van der Waals surface area contributed by atoms with Crippen LogP contribution in [-0.4, -0.2) is 15.0 Å².